The number of hydrogen-bond acceptors (Lipinski definition) is 3. The fraction of sp³-hybridized carbons (Fsp3) is 0.111. The second-order valence-electron chi connectivity index (χ2n) is 5.57. The van der Waals surface area contributed by atoms with E-state index in [-0.39, 0.29) is 0 Å². The Morgan fingerprint density at radius 3 is 2.77 bits per heavy atom. The van der Waals surface area contributed by atoms with E-state index in [1.165, 1.54) is 10.9 Å². The zero-order valence-corrected chi connectivity index (χ0v) is 12.5. The zero-order chi connectivity index (χ0) is 15.3. The third-order valence-electron chi connectivity index (χ3n) is 4.11. The number of nitrogen functional groups attached to an aromatic ring is 1. The van der Waals surface area contributed by atoms with Crippen LogP contribution in [0.15, 0.2) is 48.7 Å². The summed E-state index contributed by atoms with van der Waals surface area (Å²) < 4.78 is 1.99. The molecule has 0 amide bonds. The lowest BCUT2D eigenvalue weighted by molar-refractivity contribution is 0.890. The molecule has 0 aliphatic heterocycles. The van der Waals surface area contributed by atoms with Crippen LogP contribution < -0.4 is 5.73 Å². The van der Waals surface area contributed by atoms with Crippen molar-refractivity contribution >= 4 is 27.5 Å². The van der Waals surface area contributed by atoms with Crippen molar-refractivity contribution in [1.29, 1.82) is 0 Å². The minimum absolute atomic E-state index is 0.557. The SMILES string of the molecule is Cc1cccc2c1c(C)nn2-c1ccc2c(N)nccc2c1. The summed E-state index contributed by atoms with van der Waals surface area (Å²) in [6.07, 6.45) is 1.73. The number of aromatic nitrogens is 3. The van der Waals surface area contributed by atoms with E-state index in [0.29, 0.717) is 5.82 Å². The van der Waals surface area contributed by atoms with E-state index < -0.39 is 0 Å². The van der Waals surface area contributed by atoms with Crippen LogP contribution in [0.3, 0.4) is 0 Å². The van der Waals surface area contributed by atoms with Crippen LogP contribution in [0, 0.1) is 13.8 Å². The molecule has 2 aromatic carbocycles. The van der Waals surface area contributed by atoms with Gasteiger partial charge in [-0.05, 0) is 55.1 Å². The number of benzene rings is 2. The number of pyridine rings is 1. The molecule has 2 aromatic heterocycles. The van der Waals surface area contributed by atoms with Crippen molar-refractivity contribution < 1.29 is 0 Å². The fourth-order valence-corrected chi connectivity index (χ4v) is 3.07. The summed E-state index contributed by atoms with van der Waals surface area (Å²) in [5.74, 6) is 0.557. The van der Waals surface area contributed by atoms with Gasteiger partial charge < -0.3 is 5.73 Å². The van der Waals surface area contributed by atoms with Crippen molar-refractivity contribution in [3.8, 4) is 5.69 Å². The third kappa shape index (κ3) is 1.77. The lowest BCUT2D eigenvalue weighted by Gasteiger charge is -2.07. The predicted molar refractivity (Wildman–Crippen MR) is 90.3 cm³/mol. The molecule has 2 N–H and O–H groups in total. The molecule has 0 aliphatic carbocycles. The lowest BCUT2D eigenvalue weighted by Crippen LogP contribution is -1.97. The molecule has 0 saturated heterocycles. The molecule has 4 aromatic rings. The van der Waals surface area contributed by atoms with Crippen LogP contribution in [0.1, 0.15) is 11.3 Å². The second-order valence-corrected chi connectivity index (χ2v) is 5.57. The summed E-state index contributed by atoms with van der Waals surface area (Å²) in [5, 5.41) is 7.98. The molecule has 0 bridgehead atoms. The van der Waals surface area contributed by atoms with Crippen molar-refractivity contribution in [3.05, 3.63) is 59.9 Å². The first-order chi connectivity index (χ1) is 10.6. The highest BCUT2D eigenvalue weighted by Crippen LogP contribution is 2.27. The molecule has 0 saturated carbocycles. The maximum Gasteiger partial charge on any atom is 0.131 e. The topological polar surface area (TPSA) is 56.7 Å². The number of anilines is 1. The minimum Gasteiger partial charge on any atom is -0.383 e. The molecule has 0 fully saturated rings. The first-order valence-corrected chi connectivity index (χ1v) is 7.25. The smallest absolute Gasteiger partial charge is 0.131 e. The molecule has 4 nitrogen and oxygen atoms in total. The molecule has 0 aliphatic rings. The Balaban J connectivity index is 2.02. The van der Waals surface area contributed by atoms with Crippen LogP contribution >= 0.6 is 0 Å². The number of rotatable bonds is 1. The normalized spacial score (nSPS) is 11.4. The van der Waals surface area contributed by atoms with Gasteiger partial charge in [-0.1, -0.05) is 12.1 Å². The Morgan fingerprint density at radius 1 is 1.05 bits per heavy atom. The Morgan fingerprint density at radius 2 is 1.91 bits per heavy atom. The van der Waals surface area contributed by atoms with Crippen molar-refractivity contribution in [2.45, 2.75) is 13.8 Å². The van der Waals surface area contributed by atoms with E-state index in [1.54, 1.807) is 6.20 Å². The largest absolute Gasteiger partial charge is 0.383 e. The number of fused-ring (bicyclic) bond motifs is 2. The van der Waals surface area contributed by atoms with Gasteiger partial charge in [-0.2, -0.15) is 5.10 Å². The molecular formula is C18H16N4. The van der Waals surface area contributed by atoms with Crippen LogP contribution in [0.2, 0.25) is 0 Å². The fourth-order valence-electron chi connectivity index (χ4n) is 3.07. The zero-order valence-electron chi connectivity index (χ0n) is 12.5. The van der Waals surface area contributed by atoms with Gasteiger partial charge in [0, 0.05) is 17.0 Å². The maximum atomic E-state index is 5.93. The molecule has 108 valence electrons. The van der Waals surface area contributed by atoms with Gasteiger partial charge in [-0.3, -0.25) is 0 Å². The van der Waals surface area contributed by atoms with E-state index in [9.17, 15) is 0 Å². The summed E-state index contributed by atoms with van der Waals surface area (Å²) in [4.78, 5) is 4.13. The van der Waals surface area contributed by atoms with Crippen LogP contribution in [0.5, 0.6) is 0 Å². The summed E-state index contributed by atoms with van der Waals surface area (Å²) >= 11 is 0. The molecule has 0 atom stereocenters. The van der Waals surface area contributed by atoms with E-state index >= 15 is 0 Å². The average Bonchev–Trinajstić information content (AvgIpc) is 2.86. The van der Waals surface area contributed by atoms with Gasteiger partial charge in [0.15, 0.2) is 0 Å². The van der Waals surface area contributed by atoms with Crippen LogP contribution in [-0.2, 0) is 0 Å². The highest BCUT2D eigenvalue weighted by Gasteiger charge is 2.11. The van der Waals surface area contributed by atoms with Gasteiger partial charge in [-0.25, -0.2) is 9.67 Å². The van der Waals surface area contributed by atoms with Crippen LogP contribution in [0.4, 0.5) is 5.82 Å². The van der Waals surface area contributed by atoms with E-state index in [1.807, 2.05) is 22.9 Å². The number of aryl methyl sites for hydroxylation is 2. The molecule has 0 unspecified atom stereocenters. The summed E-state index contributed by atoms with van der Waals surface area (Å²) in [6.45, 7) is 4.17. The van der Waals surface area contributed by atoms with Gasteiger partial charge in [0.05, 0.1) is 16.9 Å². The third-order valence-corrected chi connectivity index (χ3v) is 4.11. The molecular weight excluding hydrogens is 272 g/mol. The van der Waals surface area contributed by atoms with Gasteiger partial charge in [0.25, 0.3) is 0 Å². The van der Waals surface area contributed by atoms with E-state index in [0.717, 1.165) is 27.7 Å². The molecule has 0 spiro atoms. The first kappa shape index (κ1) is 12.8. The Labute approximate surface area is 128 Å². The van der Waals surface area contributed by atoms with Gasteiger partial charge in [-0.15, -0.1) is 0 Å². The Hall–Kier alpha value is -2.88. The van der Waals surface area contributed by atoms with Crippen molar-refractivity contribution in [2.75, 3.05) is 5.73 Å². The van der Waals surface area contributed by atoms with Crippen molar-refractivity contribution in [2.24, 2.45) is 0 Å². The Bertz CT molecular complexity index is 1010. The van der Waals surface area contributed by atoms with Gasteiger partial charge in [0.1, 0.15) is 5.82 Å². The summed E-state index contributed by atoms with van der Waals surface area (Å²) in [5.41, 5.74) is 10.4. The quantitative estimate of drug-likeness (QED) is 0.580. The summed E-state index contributed by atoms with van der Waals surface area (Å²) in [6, 6.07) is 14.4. The van der Waals surface area contributed by atoms with Crippen molar-refractivity contribution in [1.82, 2.24) is 14.8 Å². The van der Waals surface area contributed by atoms with Crippen LogP contribution in [-0.4, -0.2) is 14.8 Å². The van der Waals surface area contributed by atoms with Gasteiger partial charge >= 0.3 is 0 Å². The molecule has 2 heterocycles. The molecule has 4 heteroatoms. The highest BCUT2D eigenvalue weighted by molar-refractivity contribution is 5.93. The minimum atomic E-state index is 0.557. The monoisotopic (exact) mass is 288 g/mol. The highest BCUT2D eigenvalue weighted by atomic mass is 15.3. The predicted octanol–water partition coefficient (Wildman–Crippen LogP) is 3.77. The molecule has 22 heavy (non-hydrogen) atoms. The number of nitrogens with two attached hydrogens (primary N) is 1. The maximum absolute atomic E-state index is 5.93. The van der Waals surface area contributed by atoms with Crippen molar-refractivity contribution in [3.63, 3.8) is 0 Å². The first-order valence-electron chi connectivity index (χ1n) is 7.25. The van der Waals surface area contributed by atoms with E-state index in [4.69, 9.17) is 10.8 Å². The lowest BCUT2D eigenvalue weighted by atomic mass is 10.1. The number of hydrogen-bond donors (Lipinski definition) is 1. The second kappa shape index (κ2) is 4.56. The van der Waals surface area contributed by atoms with Gasteiger partial charge in [0.2, 0.25) is 0 Å². The average molecular weight is 288 g/mol. The number of nitrogens with zero attached hydrogens (tertiary/aromatic N) is 3. The summed E-state index contributed by atoms with van der Waals surface area (Å²) in [7, 11) is 0. The standard InChI is InChI=1S/C18H16N4/c1-11-4-3-5-16-17(11)12(2)21-22(16)14-6-7-15-13(10-14)8-9-20-18(15)19/h3-10H,1-2H3,(H2,19,20). The Kier molecular flexibility index (Phi) is 2.66. The van der Waals surface area contributed by atoms with E-state index in [2.05, 4.69) is 43.1 Å². The van der Waals surface area contributed by atoms with Crippen LogP contribution in [0.25, 0.3) is 27.4 Å². The molecule has 4 rings (SSSR count). The molecule has 0 radical (unpaired) electrons.